The molecule has 2 aromatic carbocycles. The van der Waals surface area contributed by atoms with Crippen LogP contribution in [-0.4, -0.2) is 12.5 Å². The second kappa shape index (κ2) is 6.40. The summed E-state index contributed by atoms with van der Waals surface area (Å²) in [4.78, 5) is 12.9. The number of benzene rings is 2. The molecule has 1 amide bonds. The first-order valence-electron chi connectivity index (χ1n) is 8.04. The highest BCUT2D eigenvalue weighted by atomic mass is 16.5. The fourth-order valence-electron chi connectivity index (χ4n) is 2.93. The van der Waals surface area contributed by atoms with Gasteiger partial charge in [0.2, 0.25) is 0 Å². The van der Waals surface area contributed by atoms with Crippen molar-refractivity contribution < 1.29 is 13.9 Å². The van der Waals surface area contributed by atoms with E-state index in [2.05, 4.69) is 5.32 Å². The number of furan rings is 1. The normalized spacial score (nSPS) is 10.8. The van der Waals surface area contributed by atoms with E-state index >= 15 is 0 Å². The molecule has 4 heteroatoms. The molecule has 1 heterocycles. The van der Waals surface area contributed by atoms with Crippen LogP contribution in [0.4, 0.5) is 5.69 Å². The highest BCUT2D eigenvalue weighted by Crippen LogP contribution is 2.30. The van der Waals surface area contributed by atoms with E-state index in [1.165, 1.54) is 0 Å². The Morgan fingerprint density at radius 3 is 2.50 bits per heavy atom. The summed E-state index contributed by atoms with van der Waals surface area (Å²) >= 11 is 0. The molecule has 0 spiro atoms. The van der Waals surface area contributed by atoms with Crippen molar-refractivity contribution in [3.05, 3.63) is 58.8 Å². The van der Waals surface area contributed by atoms with Crippen molar-refractivity contribution in [1.29, 1.82) is 0 Å². The molecule has 0 unspecified atom stereocenters. The molecule has 3 aromatic rings. The van der Waals surface area contributed by atoms with Gasteiger partial charge in [-0.2, -0.15) is 0 Å². The number of hydrogen-bond donors (Lipinski definition) is 1. The number of carbonyl (C=O) groups excluding carboxylic acids is 1. The molecule has 0 aliphatic carbocycles. The maximum Gasteiger partial charge on any atom is 0.259 e. The van der Waals surface area contributed by atoms with E-state index in [0.717, 1.165) is 28.0 Å². The minimum absolute atomic E-state index is 0.169. The summed E-state index contributed by atoms with van der Waals surface area (Å²) in [6.45, 7) is 8.28. The van der Waals surface area contributed by atoms with Gasteiger partial charge in [-0.3, -0.25) is 4.79 Å². The molecule has 0 aliphatic heterocycles. The first-order chi connectivity index (χ1) is 11.5. The third-order valence-electron chi connectivity index (χ3n) is 4.09. The lowest BCUT2D eigenvalue weighted by atomic mass is 10.1. The van der Waals surface area contributed by atoms with Gasteiger partial charge in [0, 0.05) is 11.1 Å². The largest absolute Gasteiger partial charge is 0.494 e. The molecular formula is C20H21NO3. The smallest absolute Gasteiger partial charge is 0.259 e. The van der Waals surface area contributed by atoms with Crippen LogP contribution in [0.1, 0.15) is 34.2 Å². The van der Waals surface area contributed by atoms with E-state index in [1.54, 1.807) is 6.92 Å². The number of aryl methyl sites for hydroxylation is 3. The van der Waals surface area contributed by atoms with Crippen molar-refractivity contribution in [2.75, 3.05) is 11.9 Å². The second-order valence-corrected chi connectivity index (χ2v) is 5.85. The van der Waals surface area contributed by atoms with E-state index in [-0.39, 0.29) is 5.91 Å². The number of para-hydroxylation sites is 1. The predicted molar refractivity (Wildman–Crippen MR) is 96.0 cm³/mol. The van der Waals surface area contributed by atoms with Crippen molar-refractivity contribution >= 4 is 22.6 Å². The molecular weight excluding hydrogens is 302 g/mol. The van der Waals surface area contributed by atoms with Crippen LogP contribution in [0.5, 0.6) is 5.75 Å². The van der Waals surface area contributed by atoms with Gasteiger partial charge in [-0.1, -0.05) is 18.2 Å². The van der Waals surface area contributed by atoms with Gasteiger partial charge in [0.1, 0.15) is 17.1 Å². The van der Waals surface area contributed by atoms with Gasteiger partial charge in [-0.05, 0) is 57.0 Å². The van der Waals surface area contributed by atoms with Crippen molar-refractivity contribution in [2.45, 2.75) is 27.7 Å². The summed E-state index contributed by atoms with van der Waals surface area (Å²) in [5, 5.41) is 3.79. The standard InChI is InChI=1S/C20H21NO3/c1-5-23-15-9-10-17-16(11-15)18(14(4)24-17)20(22)21-19-12(2)7-6-8-13(19)3/h6-11H,5H2,1-4H3,(H,21,22). The number of hydrogen-bond acceptors (Lipinski definition) is 3. The van der Waals surface area contributed by atoms with E-state index in [1.807, 2.05) is 57.2 Å². The molecule has 0 radical (unpaired) electrons. The van der Waals surface area contributed by atoms with Crippen LogP contribution in [-0.2, 0) is 0 Å². The zero-order valence-electron chi connectivity index (χ0n) is 14.4. The Bertz CT molecular complexity index is 888. The van der Waals surface area contributed by atoms with E-state index in [0.29, 0.717) is 23.5 Å². The minimum atomic E-state index is -0.169. The monoisotopic (exact) mass is 323 g/mol. The number of fused-ring (bicyclic) bond motifs is 1. The first-order valence-corrected chi connectivity index (χ1v) is 8.04. The lowest BCUT2D eigenvalue weighted by Crippen LogP contribution is -2.14. The third kappa shape index (κ3) is 2.87. The fraction of sp³-hybridized carbons (Fsp3) is 0.250. The van der Waals surface area contributed by atoms with Crippen LogP contribution in [0, 0.1) is 20.8 Å². The van der Waals surface area contributed by atoms with E-state index in [4.69, 9.17) is 9.15 Å². The van der Waals surface area contributed by atoms with Gasteiger partial charge in [0.25, 0.3) is 5.91 Å². The molecule has 0 saturated carbocycles. The summed E-state index contributed by atoms with van der Waals surface area (Å²) in [6, 6.07) is 11.5. The van der Waals surface area contributed by atoms with Crippen LogP contribution in [0.15, 0.2) is 40.8 Å². The number of amides is 1. The van der Waals surface area contributed by atoms with Crippen LogP contribution in [0.2, 0.25) is 0 Å². The number of anilines is 1. The number of rotatable bonds is 4. The zero-order valence-corrected chi connectivity index (χ0v) is 14.4. The van der Waals surface area contributed by atoms with Crippen LogP contribution >= 0.6 is 0 Å². The van der Waals surface area contributed by atoms with Crippen LogP contribution < -0.4 is 10.1 Å². The van der Waals surface area contributed by atoms with Crippen LogP contribution in [0.3, 0.4) is 0 Å². The molecule has 0 atom stereocenters. The third-order valence-corrected chi connectivity index (χ3v) is 4.09. The summed E-state index contributed by atoms with van der Waals surface area (Å²) in [5.41, 5.74) is 4.14. The summed E-state index contributed by atoms with van der Waals surface area (Å²) in [5.74, 6) is 1.16. The lowest BCUT2D eigenvalue weighted by molar-refractivity contribution is 0.102. The van der Waals surface area contributed by atoms with Crippen molar-refractivity contribution in [2.24, 2.45) is 0 Å². The van der Waals surface area contributed by atoms with Crippen LogP contribution in [0.25, 0.3) is 11.0 Å². The Morgan fingerprint density at radius 2 is 1.83 bits per heavy atom. The molecule has 3 rings (SSSR count). The lowest BCUT2D eigenvalue weighted by Gasteiger charge is -2.11. The van der Waals surface area contributed by atoms with Gasteiger partial charge in [0.05, 0.1) is 12.2 Å². The Balaban J connectivity index is 2.03. The molecule has 0 fully saturated rings. The van der Waals surface area contributed by atoms with Gasteiger partial charge in [-0.15, -0.1) is 0 Å². The number of ether oxygens (including phenoxy) is 1. The summed E-state index contributed by atoms with van der Waals surface area (Å²) < 4.78 is 11.3. The van der Waals surface area contributed by atoms with E-state index < -0.39 is 0 Å². The van der Waals surface area contributed by atoms with Gasteiger partial charge >= 0.3 is 0 Å². The SMILES string of the molecule is CCOc1ccc2oc(C)c(C(=O)Nc3c(C)cccc3C)c2c1. The van der Waals surface area contributed by atoms with Gasteiger partial charge in [0.15, 0.2) is 0 Å². The summed E-state index contributed by atoms with van der Waals surface area (Å²) in [7, 11) is 0. The van der Waals surface area contributed by atoms with E-state index in [9.17, 15) is 4.79 Å². The van der Waals surface area contributed by atoms with Crippen molar-refractivity contribution in [3.8, 4) is 5.75 Å². The Kier molecular flexibility index (Phi) is 4.30. The maximum absolute atomic E-state index is 12.9. The zero-order chi connectivity index (χ0) is 17.3. The summed E-state index contributed by atoms with van der Waals surface area (Å²) in [6.07, 6.45) is 0. The number of nitrogens with one attached hydrogen (secondary N) is 1. The molecule has 0 bridgehead atoms. The Morgan fingerprint density at radius 1 is 1.12 bits per heavy atom. The molecule has 0 aliphatic rings. The highest BCUT2D eigenvalue weighted by Gasteiger charge is 2.20. The molecule has 4 nitrogen and oxygen atoms in total. The molecule has 1 aromatic heterocycles. The molecule has 24 heavy (non-hydrogen) atoms. The average Bonchev–Trinajstić information content (AvgIpc) is 2.86. The second-order valence-electron chi connectivity index (χ2n) is 5.85. The molecule has 1 N–H and O–H groups in total. The fourth-order valence-corrected chi connectivity index (χ4v) is 2.93. The number of carbonyl (C=O) groups is 1. The van der Waals surface area contributed by atoms with Crippen molar-refractivity contribution in [1.82, 2.24) is 0 Å². The van der Waals surface area contributed by atoms with Gasteiger partial charge in [-0.25, -0.2) is 0 Å². The maximum atomic E-state index is 12.9. The quantitative estimate of drug-likeness (QED) is 0.734. The first kappa shape index (κ1) is 16.1. The molecule has 124 valence electrons. The Labute approximate surface area is 141 Å². The van der Waals surface area contributed by atoms with Gasteiger partial charge < -0.3 is 14.5 Å². The predicted octanol–water partition coefficient (Wildman–Crippen LogP) is 5.01. The average molecular weight is 323 g/mol. The minimum Gasteiger partial charge on any atom is -0.494 e. The van der Waals surface area contributed by atoms with Crippen molar-refractivity contribution in [3.63, 3.8) is 0 Å². The highest BCUT2D eigenvalue weighted by molar-refractivity contribution is 6.13. The molecule has 0 saturated heterocycles. The Hall–Kier alpha value is -2.75. The topological polar surface area (TPSA) is 51.5 Å².